The summed E-state index contributed by atoms with van der Waals surface area (Å²) >= 11 is 0. The molecular formula is C57H106NO7P. The van der Waals surface area contributed by atoms with Gasteiger partial charge in [-0.1, -0.05) is 229 Å². The Kier molecular flexibility index (Phi) is 52.7. The van der Waals surface area contributed by atoms with E-state index in [1.165, 1.54) is 186 Å². The van der Waals surface area contributed by atoms with E-state index in [1.807, 2.05) is 0 Å². The lowest BCUT2D eigenvalue weighted by Crippen LogP contribution is -2.28. The Labute approximate surface area is 408 Å². The van der Waals surface area contributed by atoms with Crippen molar-refractivity contribution in [3.8, 4) is 0 Å². The molecule has 9 heteroatoms. The summed E-state index contributed by atoms with van der Waals surface area (Å²) in [6, 6.07) is 0. The molecule has 3 N–H and O–H groups in total. The van der Waals surface area contributed by atoms with Crippen molar-refractivity contribution in [3.05, 3.63) is 60.8 Å². The highest BCUT2D eigenvalue weighted by Gasteiger charge is 2.25. The number of esters is 1. The lowest BCUT2D eigenvalue weighted by Gasteiger charge is -2.20. The summed E-state index contributed by atoms with van der Waals surface area (Å²) in [5, 5.41) is 0. The van der Waals surface area contributed by atoms with Gasteiger partial charge in [-0.2, -0.15) is 0 Å². The molecule has 0 saturated heterocycles. The van der Waals surface area contributed by atoms with Gasteiger partial charge in [-0.25, -0.2) is 4.57 Å². The third-order valence-corrected chi connectivity index (χ3v) is 12.9. The first-order valence-corrected chi connectivity index (χ1v) is 29.3. The summed E-state index contributed by atoms with van der Waals surface area (Å²) in [4.78, 5) is 22.6. The van der Waals surface area contributed by atoms with E-state index in [9.17, 15) is 14.3 Å². The average Bonchev–Trinajstić information content (AvgIpc) is 3.31. The van der Waals surface area contributed by atoms with Crippen molar-refractivity contribution in [1.82, 2.24) is 0 Å². The predicted octanol–water partition coefficient (Wildman–Crippen LogP) is 17.7. The van der Waals surface area contributed by atoms with E-state index in [-0.39, 0.29) is 32.3 Å². The second-order valence-corrected chi connectivity index (χ2v) is 19.9. The van der Waals surface area contributed by atoms with Crippen LogP contribution in [0.4, 0.5) is 0 Å². The van der Waals surface area contributed by atoms with E-state index < -0.39 is 13.9 Å². The highest BCUT2D eigenvalue weighted by Crippen LogP contribution is 2.43. The average molecular weight is 948 g/mol. The summed E-state index contributed by atoms with van der Waals surface area (Å²) in [5.41, 5.74) is 5.40. The molecule has 8 nitrogen and oxygen atoms in total. The third-order valence-electron chi connectivity index (χ3n) is 11.9. The summed E-state index contributed by atoms with van der Waals surface area (Å²) in [7, 11) is -4.29. The summed E-state index contributed by atoms with van der Waals surface area (Å²) < 4.78 is 33.7. The van der Waals surface area contributed by atoms with Crippen LogP contribution < -0.4 is 5.73 Å². The largest absolute Gasteiger partial charge is 0.472 e. The molecule has 66 heavy (non-hydrogen) atoms. The fourth-order valence-corrected chi connectivity index (χ4v) is 8.57. The minimum Gasteiger partial charge on any atom is -0.457 e. The van der Waals surface area contributed by atoms with Gasteiger partial charge in [0, 0.05) is 19.6 Å². The van der Waals surface area contributed by atoms with Crippen LogP contribution in [0.1, 0.15) is 258 Å². The van der Waals surface area contributed by atoms with Crippen molar-refractivity contribution in [2.24, 2.45) is 5.73 Å². The van der Waals surface area contributed by atoms with Gasteiger partial charge in [0.2, 0.25) is 0 Å². The van der Waals surface area contributed by atoms with Gasteiger partial charge in [0.1, 0.15) is 6.10 Å². The molecule has 0 fully saturated rings. The summed E-state index contributed by atoms with van der Waals surface area (Å²) in [5.74, 6) is -0.334. The Morgan fingerprint density at radius 1 is 0.455 bits per heavy atom. The fraction of sp³-hybridized carbons (Fsp3) is 0.807. The van der Waals surface area contributed by atoms with Gasteiger partial charge in [-0.15, -0.1) is 0 Å². The number of hydrogen-bond acceptors (Lipinski definition) is 7. The van der Waals surface area contributed by atoms with Gasteiger partial charge in [-0.05, 0) is 83.5 Å². The van der Waals surface area contributed by atoms with Gasteiger partial charge >= 0.3 is 13.8 Å². The minimum absolute atomic E-state index is 0.0975. The van der Waals surface area contributed by atoms with E-state index in [0.717, 1.165) is 51.4 Å². The van der Waals surface area contributed by atoms with Crippen molar-refractivity contribution in [3.63, 3.8) is 0 Å². The van der Waals surface area contributed by atoms with Crippen molar-refractivity contribution >= 4 is 13.8 Å². The standard InChI is InChI=1S/C57H106NO7P/c1-3-5-7-9-11-13-15-17-19-21-23-25-26-27-28-29-31-33-35-37-39-41-43-45-47-49-52-62-54-56(55-64-66(60,61)63-53-51-58)65-57(59)50-48-46-44-42-40-38-36-34-32-30-24-22-20-18-16-14-12-10-8-6-4-2/h15-18,21-24,26-27,56H,3-14,19-20,25,28-55,58H2,1-2H3,(H,60,61)/b17-15-,18-16-,23-21-,24-22-,27-26-. The SMILES string of the molecule is CCCCCCC/C=C\C/C=C\C/C=C\CCCCCCCCCCCCCOCC(COP(=O)(O)OCCN)OC(=O)CCCCCCCCCCC/C=C\C/C=C\CCCCCCC. The van der Waals surface area contributed by atoms with Crippen molar-refractivity contribution in [2.75, 3.05) is 33.0 Å². The number of hydrogen-bond donors (Lipinski definition) is 2. The first-order chi connectivity index (χ1) is 32.4. The second kappa shape index (κ2) is 54.1. The van der Waals surface area contributed by atoms with Crippen LogP contribution >= 0.6 is 7.82 Å². The number of carbonyl (C=O) groups is 1. The number of allylic oxidation sites excluding steroid dienone is 10. The topological polar surface area (TPSA) is 117 Å². The molecule has 0 aromatic rings. The molecule has 2 unspecified atom stereocenters. The smallest absolute Gasteiger partial charge is 0.457 e. The number of phosphoric ester groups is 1. The lowest BCUT2D eigenvalue weighted by atomic mass is 10.1. The molecular weight excluding hydrogens is 842 g/mol. The van der Waals surface area contributed by atoms with Gasteiger partial charge in [0.15, 0.2) is 0 Å². The molecule has 0 radical (unpaired) electrons. The van der Waals surface area contributed by atoms with Crippen LogP contribution in [0.5, 0.6) is 0 Å². The zero-order valence-corrected chi connectivity index (χ0v) is 44.1. The maximum atomic E-state index is 12.7. The Morgan fingerprint density at radius 2 is 0.803 bits per heavy atom. The lowest BCUT2D eigenvalue weighted by molar-refractivity contribution is -0.154. The molecule has 0 saturated carbocycles. The van der Waals surface area contributed by atoms with Crippen molar-refractivity contribution in [1.29, 1.82) is 0 Å². The van der Waals surface area contributed by atoms with E-state index >= 15 is 0 Å². The second-order valence-electron chi connectivity index (χ2n) is 18.4. The van der Waals surface area contributed by atoms with Gasteiger partial charge in [0.05, 0.1) is 19.8 Å². The third kappa shape index (κ3) is 53.2. The number of rotatable bonds is 53. The number of ether oxygens (including phenoxy) is 2. The van der Waals surface area contributed by atoms with Gasteiger partial charge in [-0.3, -0.25) is 13.8 Å². The summed E-state index contributed by atoms with van der Waals surface area (Å²) in [6.45, 7) is 4.92. The quantitative estimate of drug-likeness (QED) is 0.0268. The van der Waals surface area contributed by atoms with Crippen LogP contribution in [-0.4, -0.2) is 49.9 Å². The van der Waals surface area contributed by atoms with Crippen LogP contribution in [0, 0.1) is 0 Å². The molecule has 0 heterocycles. The molecule has 0 aliphatic rings. The Balaban J connectivity index is 3.92. The van der Waals surface area contributed by atoms with Crippen LogP contribution in [0.25, 0.3) is 0 Å². The number of carbonyl (C=O) groups excluding carboxylic acids is 1. The number of phosphoric acid groups is 1. The highest BCUT2D eigenvalue weighted by molar-refractivity contribution is 7.47. The zero-order valence-electron chi connectivity index (χ0n) is 43.2. The van der Waals surface area contributed by atoms with Crippen LogP contribution in [0.3, 0.4) is 0 Å². The molecule has 0 rings (SSSR count). The van der Waals surface area contributed by atoms with Crippen LogP contribution in [0.15, 0.2) is 60.8 Å². The van der Waals surface area contributed by atoms with Crippen LogP contribution in [0.2, 0.25) is 0 Å². The first kappa shape index (κ1) is 64.2. The monoisotopic (exact) mass is 948 g/mol. The van der Waals surface area contributed by atoms with Gasteiger partial charge < -0.3 is 20.1 Å². The Bertz CT molecular complexity index is 1200. The molecule has 2 atom stereocenters. The number of unbranched alkanes of at least 4 members (excludes halogenated alkanes) is 30. The highest BCUT2D eigenvalue weighted by atomic mass is 31.2. The number of nitrogens with two attached hydrogens (primary N) is 1. The Morgan fingerprint density at radius 3 is 1.20 bits per heavy atom. The molecule has 0 aliphatic carbocycles. The minimum atomic E-state index is -4.29. The first-order valence-electron chi connectivity index (χ1n) is 27.8. The predicted molar refractivity (Wildman–Crippen MR) is 284 cm³/mol. The zero-order chi connectivity index (χ0) is 48.0. The molecule has 0 aromatic heterocycles. The van der Waals surface area contributed by atoms with Crippen molar-refractivity contribution in [2.45, 2.75) is 264 Å². The molecule has 0 bridgehead atoms. The maximum Gasteiger partial charge on any atom is 0.472 e. The van der Waals surface area contributed by atoms with Crippen LogP contribution in [-0.2, 0) is 27.9 Å². The molecule has 0 aliphatic heterocycles. The molecule has 386 valence electrons. The van der Waals surface area contributed by atoms with E-state index in [0.29, 0.717) is 13.0 Å². The van der Waals surface area contributed by atoms with E-state index in [4.69, 9.17) is 24.3 Å². The molecule has 0 spiro atoms. The van der Waals surface area contributed by atoms with Crippen molar-refractivity contribution < 1.29 is 32.8 Å². The Hall–Kier alpha value is -1.80. The van der Waals surface area contributed by atoms with Gasteiger partial charge in [0.25, 0.3) is 0 Å². The molecule has 0 aromatic carbocycles. The maximum absolute atomic E-state index is 12.7. The molecule has 0 amide bonds. The van der Waals surface area contributed by atoms with E-state index in [1.54, 1.807) is 0 Å². The normalized spacial score (nSPS) is 13.7. The van der Waals surface area contributed by atoms with E-state index in [2.05, 4.69) is 74.6 Å². The fourth-order valence-electron chi connectivity index (χ4n) is 7.80. The summed E-state index contributed by atoms with van der Waals surface area (Å²) in [6.07, 6.45) is 68.3.